The predicted molar refractivity (Wildman–Crippen MR) is 87.8 cm³/mol. The lowest BCUT2D eigenvalue weighted by atomic mass is 10.1. The highest BCUT2D eigenvalue weighted by atomic mass is 127. The summed E-state index contributed by atoms with van der Waals surface area (Å²) in [5.74, 6) is -0.362. The van der Waals surface area contributed by atoms with Crippen LogP contribution < -0.4 is 35.2 Å². The zero-order chi connectivity index (χ0) is 16.9. The van der Waals surface area contributed by atoms with Gasteiger partial charge >= 0.3 is 5.69 Å². The van der Waals surface area contributed by atoms with E-state index in [0.717, 1.165) is 15.6 Å². The van der Waals surface area contributed by atoms with Gasteiger partial charge in [-0.3, -0.25) is 19.3 Å². The topological polar surface area (TPSA) is 87.4 Å². The summed E-state index contributed by atoms with van der Waals surface area (Å²) in [7, 11) is 6.15. The minimum atomic E-state index is -0.659. The van der Waals surface area contributed by atoms with Gasteiger partial charge in [-0.1, -0.05) is 13.0 Å². The third-order valence-corrected chi connectivity index (χ3v) is 3.18. The zero-order valence-electron chi connectivity index (χ0n) is 14.1. The first-order valence-electron chi connectivity index (χ1n) is 7.22. The number of hydrogen-bond acceptors (Lipinski definition) is 4. The van der Waals surface area contributed by atoms with Crippen molar-refractivity contribution in [3.05, 3.63) is 39.1 Å². The number of aromatic amines is 1. The largest absolute Gasteiger partial charge is 1.00 e. The van der Waals surface area contributed by atoms with Crippen molar-refractivity contribution in [3.63, 3.8) is 0 Å². The molecule has 23 heavy (non-hydrogen) atoms. The number of allylic oxidation sites excluding steroid dienone is 1. The molecule has 1 aromatic heterocycles. The summed E-state index contributed by atoms with van der Waals surface area (Å²) in [6, 6.07) is 0. The fourth-order valence-electron chi connectivity index (χ4n) is 1.97. The molecule has 0 unspecified atom stereocenters. The third kappa shape index (κ3) is 5.94. The molecule has 130 valence electrons. The first-order valence-corrected chi connectivity index (χ1v) is 7.22. The highest BCUT2D eigenvalue weighted by Crippen LogP contribution is 2.13. The second-order valence-corrected chi connectivity index (χ2v) is 6.05. The molecule has 0 saturated heterocycles. The van der Waals surface area contributed by atoms with Crippen molar-refractivity contribution in [2.45, 2.75) is 19.9 Å². The Morgan fingerprint density at radius 1 is 1.39 bits per heavy atom. The van der Waals surface area contributed by atoms with E-state index in [1.54, 1.807) is 0 Å². The Bertz CT molecular complexity index is 683. The maximum absolute atomic E-state index is 12.0. The molecule has 0 atom stereocenters. The van der Waals surface area contributed by atoms with Gasteiger partial charge in [-0.05, 0) is 6.42 Å². The molecule has 0 radical (unpaired) electrons. The zero-order valence-corrected chi connectivity index (χ0v) is 16.3. The SMILES string of the molecule is C=CCn1c(O)c(C(CC)=NCC[N+](C)(C)C)c(=O)[nH]c1=O.[I-]. The van der Waals surface area contributed by atoms with Crippen LogP contribution >= 0.6 is 0 Å². The predicted octanol–water partition coefficient (Wildman–Crippen LogP) is -2.66. The maximum atomic E-state index is 12.0. The molecule has 0 aliphatic heterocycles. The lowest BCUT2D eigenvalue weighted by Crippen LogP contribution is -3.00. The molecule has 8 heteroatoms. The van der Waals surface area contributed by atoms with Gasteiger partial charge in [0.25, 0.3) is 5.56 Å². The molecule has 0 aliphatic rings. The standard InChI is InChI=1S/C15H24N4O3.HI/c1-6-9-18-14(21)12(13(20)17-15(18)22)11(7-2)16-8-10-19(3,4)5;/h6H,1,7-10H2,2-5H3,(H-,16,17,20,21,22);1H. The van der Waals surface area contributed by atoms with Crippen molar-refractivity contribution in [1.82, 2.24) is 9.55 Å². The van der Waals surface area contributed by atoms with Crippen molar-refractivity contribution >= 4 is 5.71 Å². The van der Waals surface area contributed by atoms with Crippen molar-refractivity contribution in [1.29, 1.82) is 0 Å². The van der Waals surface area contributed by atoms with Gasteiger partial charge < -0.3 is 33.6 Å². The van der Waals surface area contributed by atoms with Crippen molar-refractivity contribution in [3.8, 4) is 5.88 Å². The summed E-state index contributed by atoms with van der Waals surface area (Å²) in [4.78, 5) is 30.4. The van der Waals surface area contributed by atoms with E-state index in [1.807, 2.05) is 6.92 Å². The van der Waals surface area contributed by atoms with Crippen LogP contribution in [0.1, 0.15) is 18.9 Å². The number of nitrogens with zero attached hydrogens (tertiary/aromatic N) is 3. The molecule has 0 saturated carbocycles. The van der Waals surface area contributed by atoms with Gasteiger partial charge in [0.15, 0.2) is 0 Å². The van der Waals surface area contributed by atoms with Crippen molar-refractivity contribution in [2.75, 3.05) is 34.2 Å². The van der Waals surface area contributed by atoms with Crippen LogP contribution in [0.15, 0.2) is 27.2 Å². The molecule has 1 rings (SSSR count). The molecule has 0 spiro atoms. The minimum absolute atomic E-state index is 0. The number of hydrogen-bond donors (Lipinski definition) is 2. The Morgan fingerprint density at radius 3 is 2.48 bits per heavy atom. The third-order valence-electron chi connectivity index (χ3n) is 3.18. The number of aromatic nitrogens is 2. The number of aromatic hydroxyl groups is 1. The molecule has 0 bridgehead atoms. The number of halogens is 1. The van der Waals surface area contributed by atoms with Gasteiger partial charge in [0, 0.05) is 6.54 Å². The summed E-state index contributed by atoms with van der Waals surface area (Å²) in [6.07, 6.45) is 1.96. The summed E-state index contributed by atoms with van der Waals surface area (Å²) in [5.41, 5.74) is -0.725. The molecule has 0 amide bonds. The quantitative estimate of drug-likeness (QED) is 0.212. The summed E-state index contributed by atoms with van der Waals surface area (Å²) in [5, 5.41) is 10.3. The molecular weight excluding hydrogens is 411 g/mol. The number of rotatable bonds is 7. The second kappa shape index (κ2) is 9.02. The van der Waals surface area contributed by atoms with Gasteiger partial charge in [-0.2, -0.15) is 0 Å². The Morgan fingerprint density at radius 2 is 2.00 bits per heavy atom. The average molecular weight is 436 g/mol. The van der Waals surface area contributed by atoms with Gasteiger partial charge in [0.2, 0.25) is 5.88 Å². The minimum Gasteiger partial charge on any atom is -1.00 e. The van der Waals surface area contributed by atoms with Crippen LogP contribution in [0.2, 0.25) is 0 Å². The lowest BCUT2D eigenvalue weighted by molar-refractivity contribution is -0.868. The highest BCUT2D eigenvalue weighted by Gasteiger charge is 2.18. The Hall–Kier alpha value is -1.42. The molecule has 0 aliphatic carbocycles. The van der Waals surface area contributed by atoms with E-state index in [-0.39, 0.29) is 42.0 Å². The van der Waals surface area contributed by atoms with Crippen molar-refractivity contribution in [2.24, 2.45) is 4.99 Å². The molecule has 1 heterocycles. The van der Waals surface area contributed by atoms with Gasteiger partial charge in [0.05, 0.1) is 39.9 Å². The number of nitrogens with one attached hydrogen (secondary N) is 1. The van der Waals surface area contributed by atoms with E-state index in [9.17, 15) is 14.7 Å². The number of likely N-dealkylation sites (N-methyl/N-ethyl adjacent to an activating group) is 1. The van der Waals surface area contributed by atoms with E-state index in [2.05, 4.69) is 37.7 Å². The van der Waals surface area contributed by atoms with Gasteiger partial charge in [0.1, 0.15) is 5.56 Å². The second-order valence-electron chi connectivity index (χ2n) is 6.05. The first-order chi connectivity index (χ1) is 10.2. The monoisotopic (exact) mass is 436 g/mol. The van der Waals surface area contributed by atoms with Crippen LogP contribution in [0, 0.1) is 0 Å². The van der Waals surface area contributed by atoms with Gasteiger partial charge in [-0.25, -0.2) is 4.79 Å². The van der Waals surface area contributed by atoms with Crippen molar-refractivity contribution < 1.29 is 33.6 Å². The van der Waals surface area contributed by atoms with Crippen LogP contribution in [0.3, 0.4) is 0 Å². The van der Waals surface area contributed by atoms with E-state index < -0.39 is 11.2 Å². The smallest absolute Gasteiger partial charge is 0.331 e. The van der Waals surface area contributed by atoms with Crippen LogP contribution in [-0.2, 0) is 6.54 Å². The van der Waals surface area contributed by atoms with E-state index >= 15 is 0 Å². The molecular formula is C15H25IN4O3. The summed E-state index contributed by atoms with van der Waals surface area (Å²) in [6.45, 7) is 6.84. The molecule has 1 aromatic rings. The van der Waals surface area contributed by atoms with E-state index in [4.69, 9.17) is 0 Å². The average Bonchev–Trinajstić information content (AvgIpc) is 2.40. The summed E-state index contributed by atoms with van der Waals surface area (Å²) < 4.78 is 1.81. The fourth-order valence-corrected chi connectivity index (χ4v) is 1.97. The van der Waals surface area contributed by atoms with Crippen LogP contribution in [0.25, 0.3) is 0 Å². The molecule has 0 fully saturated rings. The van der Waals surface area contributed by atoms with E-state index in [0.29, 0.717) is 18.7 Å². The van der Waals surface area contributed by atoms with Crippen LogP contribution in [-0.4, -0.2) is 59.1 Å². The Kier molecular flexibility index (Phi) is 8.46. The molecule has 2 N–H and O–H groups in total. The lowest BCUT2D eigenvalue weighted by Gasteiger charge is -2.22. The number of quaternary nitrogens is 1. The Balaban J connectivity index is 0.00000484. The highest BCUT2D eigenvalue weighted by molar-refractivity contribution is 6.01. The summed E-state index contributed by atoms with van der Waals surface area (Å²) >= 11 is 0. The first kappa shape index (κ1) is 21.6. The maximum Gasteiger partial charge on any atom is 0.331 e. The number of aliphatic imine (C=N–C) groups is 1. The van der Waals surface area contributed by atoms with Gasteiger partial charge in [-0.15, -0.1) is 6.58 Å². The van der Waals surface area contributed by atoms with Crippen LogP contribution in [0.4, 0.5) is 0 Å². The Labute approximate surface area is 153 Å². The van der Waals surface area contributed by atoms with E-state index in [1.165, 1.54) is 6.08 Å². The normalized spacial score (nSPS) is 11.9. The molecule has 0 aromatic carbocycles. The molecule has 7 nitrogen and oxygen atoms in total. The fraction of sp³-hybridized carbons (Fsp3) is 0.533. The number of H-pyrrole nitrogens is 1. The van der Waals surface area contributed by atoms with Crippen LogP contribution in [0.5, 0.6) is 5.88 Å².